The summed E-state index contributed by atoms with van der Waals surface area (Å²) in [7, 11) is 0. The van der Waals surface area contributed by atoms with E-state index in [-0.39, 0.29) is 6.09 Å². The van der Waals surface area contributed by atoms with Crippen molar-refractivity contribution in [1.82, 2.24) is 4.90 Å². The van der Waals surface area contributed by atoms with E-state index in [1.54, 1.807) is 4.90 Å². The van der Waals surface area contributed by atoms with Crippen LogP contribution in [-0.4, -0.2) is 23.1 Å². The lowest BCUT2D eigenvalue weighted by molar-refractivity contribution is 0.0340. The summed E-state index contributed by atoms with van der Waals surface area (Å²) in [6, 6.07) is 8.06. The molecule has 0 bridgehead atoms. The highest BCUT2D eigenvalue weighted by Crippen LogP contribution is 2.26. The van der Waals surface area contributed by atoms with Gasteiger partial charge in [-0.1, -0.05) is 28.1 Å². The highest BCUT2D eigenvalue weighted by atomic mass is 79.9. The summed E-state index contributed by atoms with van der Waals surface area (Å²) in [5.41, 5.74) is 1.67. The minimum absolute atomic E-state index is 0.252. The molecule has 0 atom stereocenters. The molecule has 20 heavy (non-hydrogen) atoms. The Hall–Kier alpha value is -1.29. The quantitative estimate of drug-likeness (QED) is 0.735. The van der Waals surface area contributed by atoms with Crippen molar-refractivity contribution in [2.45, 2.75) is 39.2 Å². The number of ether oxygens (including phenoxy) is 1. The second-order valence-corrected chi connectivity index (χ2v) is 6.84. The highest BCUT2D eigenvalue weighted by Gasteiger charge is 2.27. The van der Waals surface area contributed by atoms with Crippen molar-refractivity contribution in [3.05, 3.63) is 40.0 Å². The van der Waals surface area contributed by atoms with Crippen molar-refractivity contribution in [3.8, 4) is 0 Å². The summed E-state index contributed by atoms with van der Waals surface area (Å²) >= 11 is 3.42. The lowest BCUT2D eigenvalue weighted by atomic mass is 10.1. The Morgan fingerprint density at radius 2 is 1.95 bits per heavy atom. The van der Waals surface area contributed by atoms with Crippen molar-refractivity contribution in [3.63, 3.8) is 0 Å². The monoisotopic (exact) mass is 337 g/mol. The first-order valence-electron chi connectivity index (χ1n) is 6.82. The Labute approximate surface area is 128 Å². The van der Waals surface area contributed by atoms with Gasteiger partial charge in [0.15, 0.2) is 0 Å². The van der Waals surface area contributed by atoms with Crippen LogP contribution in [0.2, 0.25) is 0 Å². The van der Waals surface area contributed by atoms with Crippen molar-refractivity contribution < 1.29 is 9.53 Å². The van der Waals surface area contributed by atoms with E-state index in [0.29, 0.717) is 0 Å². The average Bonchev–Trinajstić information content (AvgIpc) is 2.78. The molecule has 0 aromatic heterocycles. The zero-order valence-electron chi connectivity index (χ0n) is 12.1. The van der Waals surface area contributed by atoms with Gasteiger partial charge in [0.25, 0.3) is 0 Å². The average molecular weight is 338 g/mol. The molecule has 0 aliphatic carbocycles. The summed E-state index contributed by atoms with van der Waals surface area (Å²) < 4.78 is 6.50. The molecule has 1 amide bonds. The van der Waals surface area contributed by atoms with Crippen molar-refractivity contribution in [1.29, 1.82) is 0 Å². The van der Waals surface area contributed by atoms with E-state index in [2.05, 4.69) is 22.0 Å². The standard InChI is InChI=1S/C16H20BrNO2/c1-16(2,3)20-15(19)18-10-4-5-14(18)11-12-6-8-13(17)9-7-12/h6-9,11H,4-5,10H2,1-3H3. The van der Waals surface area contributed by atoms with Gasteiger partial charge in [0.2, 0.25) is 0 Å². The van der Waals surface area contributed by atoms with Gasteiger partial charge in [-0.25, -0.2) is 4.79 Å². The molecule has 108 valence electrons. The molecule has 3 nitrogen and oxygen atoms in total. The largest absolute Gasteiger partial charge is 0.443 e. The van der Waals surface area contributed by atoms with Crippen LogP contribution < -0.4 is 0 Å². The second-order valence-electron chi connectivity index (χ2n) is 5.92. The number of benzene rings is 1. The fourth-order valence-electron chi connectivity index (χ4n) is 2.12. The Bertz CT molecular complexity index is 514. The lowest BCUT2D eigenvalue weighted by Gasteiger charge is -2.25. The fraction of sp³-hybridized carbons (Fsp3) is 0.438. The zero-order chi connectivity index (χ0) is 14.8. The van der Waals surface area contributed by atoms with Crippen LogP contribution in [0.1, 0.15) is 39.2 Å². The SMILES string of the molecule is CC(C)(C)OC(=O)N1CCCC1=Cc1ccc(Br)cc1. The predicted octanol–water partition coefficient (Wildman–Crippen LogP) is 4.82. The van der Waals surface area contributed by atoms with Gasteiger partial charge in [-0.05, 0) is 57.4 Å². The molecule has 0 N–H and O–H groups in total. The number of carbonyl (C=O) groups excluding carboxylic acids is 1. The maximum absolute atomic E-state index is 12.2. The molecule has 1 saturated heterocycles. The van der Waals surface area contributed by atoms with Gasteiger partial charge in [-0.15, -0.1) is 0 Å². The van der Waals surface area contributed by atoms with Crippen LogP contribution in [0.4, 0.5) is 4.79 Å². The number of halogens is 1. The Morgan fingerprint density at radius 1 is 1.30 bits per heavy atom. The van der Waals surface area contributed by atoms with Gasteiger partial charge in [0, 0.05) is 16.7 Å². The molecular formula is C16H20BrNO2. The van der Waals surface area contributed by atoms with E-state index in [0.717, 1.165) is 35.1 Å². The number of likely N-dealkylation sites (tertiary alicyclic amines) is 1. The number of rotatable bonds is 1. The molecule has 1 aromatic carbocycles. The second kappa shape index (κ2) is 6.00. The van der Waals surface area contributed by atoms with Crippen LogP contribution in [0.15, 0.2) is 34.4 Å². The summed E-state index contributed by atoms with van der Waals surface area (Å²) in [6.07, 6.45) is 3.71. The van der Waals surface area contributed by atoms with Gasteiger partial charge in [-0.2, -0.15) is 0 Å². The van der Waals surface area contributed by atoms with Crippen LogP contribution in [0.5, 0.6) is 0 Å². The molecule has 2 rings (SSSR count). The van der Waals surface area contributed by atoms with Crippen molar-refractivity contribution >= 4 is 28.1 Å². The molecule has 0 radical (unpaired) electrons. The molecule has 0 unspecified atom stereocenters. The van der Waals surface area contributed by atoms with Gasteiger partial charge >= 0.3 is 6.09 Å². The summed E-state index contributed by atoms with van der Waals surface area (Å²) in [5, 5.41) is 0. The number of hydrogen-bond acceptors (Lipinski definition) is 2. The van der Waals surface area contributed by atoms with Crippen LogP contribution in [-0.2, 0) is 4.74 Å². The van der Waals surface area contributed by atoms with Crippen LogP contribution in [0, 0.1) is 0 Å². The first-order chi connectivity index (χ1) is 9.35. The van der Waals surface area contributed by atoms with E-state index in [4.69, 9.17) is 4.74 Å². The molecule has 1 aromatic rings. The van der Waals surface area contributed by atoms with E-state index < -0.39 is 5.60 Å². The van der Waals surface area contributed by atoms with Crippen LogP contribution >= 0.6 is 15.9 Å². The smallest absolute Gasteiger partial charge is 0.414 e. The van der Waals surface area contributed by atoms with Gasteiger partial charge in [-0.3, -0.25) is 4.90 Å². The van der Waals surface area contributed by atoms with Crippen molar-refractivity contribution in [2.75, 3.05) is 6.54 Å². The molecule has 1 fully saturated rings. The topological polar surface area (TPSA) is 29.5 Å². The molecule has 1 heterocycles. The van der Waals surface area contributed by atoms with Gasteiger partial charge in [0.1, 0.15) is 5.60 Å². The Kier molecular flexibility index (Phi) is 4.53. The van der Waals surface area contributed by atoms with Gasteiger partial charge < -0.3 is 4.74 Å². The first-order valence-corrected chi connectivity index (χ1v) is 7.61. The maximum Gasteiger partial charge on any atom is 0.414 e. The lowest BCUT2D eigenvalue weighted by Crippen LogP contribution is -2.34. The van der Waals surface area contributed by atoms with E-state index >= 15 is 0 Å². The predicted molar refractivity (Wildman–Crippen MR) is 84.3 cm³/mol. The zero-order valence-corrected chi connectivity index (χ0v) is 13.7. The van der Waals surface area contributed by atoms with Crippen LogP contribution in [0.3, 0.4) is 0 Å². The third-order valence-electron chi connectivity index (χ3n) is 2.98. The number of hydrogen-bond donors (Lipinski definition) is 0. The highest BCUT2D eigenvalue weighted by molar-refractivity contribution is 9.10. The normalized spacial score (nSPS) is 17.6. The van der Waals surface area contributed by atoms with Crippen molar-refractivity contribution in [2.24, 2.45) is 0 Å². The molecule has 0 saturated carbocycles. The maximum atomic E-state index is 12.2. The fourth-order valence-corrected chi connectivity index (χ4v) is 2.39. The molecular weight excluding hydrogens is 318 g/mol. The minimum atomic E-state index is -0.456. The number of nitrogens with zero attached hydrogens (tertiary/aromatic N) is 1. The van der Waals surface area contributed by atoms with Crippen LogP contribution in [0.25, 0.3) is 6.08 Å². The van der Waals surface area contributed by atoms with E-state index in [1.807, 2.05) is 45.0 Å². The third kappa shape index (κ3) is 4.10. The first kappa shape index (κ1) is 15.1. The minimum Gasteiger partial charge on any atom is -0.443 e. The molecule has 1 aliphatic heterocycles. The van der Waals surface area contributed by atoms with E-state index in [1.165, 1.54) is 0 Å². The van der Waals surface area contributed by atoms with E-state index in [9.17, 15) is 4.79 Å². The third-order valence-corrected chi connectivity index (χ3v) is 3.51. The Balaban J connectivity index is 2.14. The number of carbonyl (C=O) groups is 1. The molecule has 0 spiro atoms. The molecule has 4 heteroatoms. The Morgan fingerprint density at radius 3 is 2.55 bits per heavy atom. The summed E-state index contributed by atoms with van der Waals surface area (Å²) in [6.45, 7) is 6.40. The summed E-state index contributed by atoms with van der Waals surface area (Å²) in [4.78, 5) is 13.9. The number of amides is 1. The molecule has 1 aliphatic rings. The van der Waals surface area contributed by atoms with Gasteiger partial charge in [0.05, 0.1) is 0 Å². The summed E-state index contributed by atoms with van der Waals surface area (Å²) in [5.74, 6) is 0. The number of allylic oxidation sites excluding steroid dienone is 1.